The van der Waals surface area contributed by atoms with Gasteiger partial charge in [0.1, 0.15) is 11.5 Å². The normalized spacial score (nSPS) is 17.0. The number of carbonyl (C=O) groups excluding carboxylic acids is 1. The fourth-order valence-corrected chi connectivity index (χ4v) is 3.79. The Labute approximate surface area is 138 Å². The topological polar surface area (TPSA) is 66.4 Å². The lowest BCUT2D eigenvalue weighted by atomic mass is 9.72. The van der Waals surface area contributed by atoms with E-state index in [0.717, 1.165) is 24.8 Å². The Morgan fingerprint density at radius 3 is 2.30 bits per heavy atom. The van der Waals surface area contributed by atoms with Crippen molar-refractivity contribution in [1.82, 2.24) is 5.32 Å². The molecule has 4 nitrogen and oxygen atoms in total. The van der Waals surface area contributed by atoms with Crippen molar-refractivity contribution in [3.8, 4) is 5.75 Å². The summed E-state index contributed by atoms with van der Waals surface area (Å²) in [6.07, 6.45) is 2.90. The smallest absolute Gasteiger partial charge is 0.233 e. The van der Waals surface area contributed by atoms with Crippen LogP contribution in [0.3, 0.4) is 0 Å². The third-order valence-electron chi connectivity index (χ3n) is 4.27. The number of hydrogen-bond donors (Lipinski definition) is 2. The minimum Gasteiger partial charge on any atom is -0.508 e. The summed E-state index contributed by atoms with van der Waals surface area (Å²) < 4.78 is 12.3. The summed E-state index contributed by atoms with van der Waals surface area (Å²) in [6, 6.07) is 16.0. The first-order valence-corrected chi connectivity index (χ1v) is 8.95. The van der Waals surface area contributed by atoms with Gasteiger partial charge in [-0.2, -0.15) is 0 Å². The summed E-state index contributed by atoms with van der Waals surface area (Å²) in [5.74, 6) is -0.160. The van der Waals surface area contributed by atoms with E-state index in [1.807, 2.05) is 30.3 Å². The molecule has 0 aliphatic heterocycles. The Hall–Kier alpha value is -2.14. The first-order valence-electron chi connectivity index (χ1n) is 7.63. The van der Waals surface area contributed by atoms with Gasteiger partial charge in [-0.3, -0.25) is 9.00 Å². The highest BCUT2D eigenvalue weighted by Gasteiger charge is 2.39. The molecule has 2 aromatic carbocycles. The summed E-state index contributed by atoms with van der Waals surface area (Å²) >= 11 is 0. The van der Waals surface area contributed by atoms with Crippen molar-refractivity contribution in [2.75, 3.05) is 5.75 Å². The zero-order valence-electron chi connectivity index (χ0n) is 12.7. The van der Waals surface area contributed by atoms with Crippen molar-refractivity contribution in [2.45, 2.75) is 29.7 Å². The van der Waals surface area contributed by atoms with E-state index in [0.29, 0.717) is 4.90 Å². The molecule has 0 saturated heterocycles. The molecule has 23 heavy (non-hydrogen) atoms. The van der Waals surface area contributed by atoms with Gasteiger partial charge in [0.05, 0.1) is 16.3 Å². The van der Waals surface area contributed by atoms with E-state index in [2.05, 4.69) is 5.32 Å². The maximum Gasteiger partial charge on any atom is 0.233 e. The standard InChI is InChI=1S/C18H19NO3S/c20-15-7-9-16(10-8-15)23(22)13-17(21)19-18(11-4-12-18)14-5-2-1-3-6-14/h1-3,5-10,20H,4,11-13H2,(H,19,21)/t23-/m0/s1. The van der Waals surface area contributed by atoms with Crippen LogP contribution >= 0.6 is 0 Å². The van der Waals surface area contributed by atoms with Crippen molar-refractivity contribution < 1.29 is 14.1 Å². The van der Waals surface area contributed by atoms with E-state index >= 15 is 0 Å². The third kappa shape index (κ3) is 3.45. The fourth-order valence-electron chi connectivity index (χ4n) is 2.88. The molecule has 1 saturated carbocycles. The van der Waals surface area contributed by atoms with Gasteiger partial charge in [0.2, 0.25) is 5.91 Å². The molecule has 0 aromatic heterocycles. The van der Waals surface area contributed by atoms with Crippen molar-refractivity contribution in [3.05, 3.63) is 60.2 Å². The predicted octanol–water partition coefficient (Wildman–Crippen LogP) is 2.70. The summed E-state index contributed by atoms with van der Waals surface area (Å²) in [6.45, 7) is 0. The van der Waals surface area contributed by atoms with Gasteiger partial charge in [-0.25, -0.2) is 0 Å². The third-order valence-corrected chi connectivity index (χ3v) is 5.60. The van der Waals surface area contributed by atoms with Crippen molar-refractivity contribution in [3.63, 3.8) is 0 Å². The van der Waals surface area contributed by atoms with Crippen LogP contribution in [0.1, 0.15) is 24.8 Å². The molecule has 1 aliphatic carbocycles. The summed E-state index contributed by atoms with van der Waals surface area (Å²) in [4.78, 5) is 12.9. The average Bonchev–Trinajstić information content (AvgIpc) is 2.52. The molecule has 5 heteroatoms. The number of rotatable bonds is 5. The number of hydrogen-bond acceptors (Lipinski definition) is 3. The zero-order valence-corrected chi connectivity index (χ0v) is 13.5. The predicted molar refractivity (Wildman–Crippen MR) is 89.5 cm³/mol. The minimum absolute atomic E-state index is 0.0701. The lowest BCUT2D eigenvalue weighted by Crippen LogP contribution is -2.51. The van der Waals surface area contributed by atoms with Crippen LogP contribution in [0, 0.1) is 0 Å². The number of carbonyl (C=O) groups is 1. The van der Waals surface area contributed by atoms with E-state index in [4.69, 9.17) is 0 Å². The molecule has 0 unspecified atom stereocenters. The summed E-state index contributed by atoms with van der Waals surface area (Å²) in [5, 5.41) is 12.3. The summed E-state index contributed by atoms with van der Waals surface area (Å²) in [7, 11) is -1.41. The zero-order chi connectivity index (χ0) is 16.3. The van der Waals surface area contributed by atoms with E-state index in [-0.39, 0.29) is 22.9 Å². The van der Waals surface area contributed by atoms with Gasteiger partial charge < -0.3 is 10.4 Å². The van der Waals surface area contributed by atoms with Crippen LogP contribution in [0.15, 0.2) is 59.5 Å². The number of nitrogens with one attached hydrogen (secondary N) is 1. The first-order chi connectivity index (χ1) is 11.1. The van der Waals surface area contributed by atoms with Gasteiger partial charge in [-0.1, -0.05) is 30.3 Å². The molecule has 0 radical (unpaired) electrons. The quantitative estimate of drug-likeness (QED) is 0.886. The number of phenolic OH excluding ortho intramolecular Hbond substituents is 1. The van der Waals surface area contributed by atoms with Crippen LogP contribution in [0.4, 0.5) is 0 Å². The van der Waals surface area contributed by atoms with E-state index in [1.54, 1.807) is 12.1 Å². The monoisotopic (exact) mass is 329 g/mol. The van der Waals surface area contributed by atoms with E-state index in [1.165, 1.54) is 12.1 Å². The molecule has 1 fully saturated rings. The second kappa shape index (κ2) is 6.54. The SMILES string of the molecule is O=C(C[S@](=O)c1ccc(O)cc1)NC1(c2ccccc2)CCC1. The lowest BCUT2D eigenvalue weighted by molar-refractivity contribution is -0.121. The van der Waals surface area contributed by atoms with Crippen LogP contribution in [0.2, 0.25) is 0 Å². The molecule has 2 N–H and O–H groups in total. The van der Waals surface area contributed by atoms with Crippen LogP contribution in [0.25, 0.3) is 0 Å². The van der Waals surface area contributed by atoms with Gasteiger partial charge in [-0.15, -0.1) is 0 Å². The summed E-state index contributed by atoms with van der Waals surface area (Å²) in [5.41, 5.74) is 0.798. The number of phenols is 1. The number of aromatic hydroxyl groups is 1. The molecule has 1 atom stereocenters. The van der Waals surface area contributed by atoms with Crippen LogP contribution in [-0.2, 0) is 21.1 Å². The first kappa shape index (κ1) is 15.7. The highest BCUT2D eigenvalue weighted by molar-refractivity contribution is 7.85. The fraction of sp³-hybridized carbons (Fsp3) is 0.278. The Morgan fingerprint density at radius 1 is 1.09 bits per heavy atom. The maximum absolute atomic E-state index is 12.3. The van der Waals surface area contributed by atoms with Gasteiger partial charge in [0.15, 0.2) is 0 Å². The molecular weight excluding hydrogens is 310 g/mol. The average molecular weight is 329 g/mol. The molecular formula is C18H19NO3S. The lowest BCUT2D eigenvalue weighted by Gasteiger charge is -2.43. The molecule has 0 heterocycles. The molecule has 120 valence electrons. The van der Waals surface area contributed by atoms with Crippen LogP contribution in [-0.4, -0.2) is 21.0 Å². The van der Waals surface area contributed by atoms with Crippen molar-refractivity contribution in [1.29, 1.82) is 0 Å². The van der Waals surface area contributed by atoms with E-state index in [9.17, 15) is 14.1 Å². The molecule has 1 aliphatic rings. The highest BCUT2D eigenvalue weighted by atomic mass is 32.2. The van der Waals surface area contributed by atoms with Crippen LogP contribution < -0.4 is 5.32 Å². The molecule has 1 amide bonds. The second-order valence-electron chi connectivity index (χ2n) is 5.83. The molecule has 3 rings (SSSR count). The van der Waals surface area contributed by atoms with Crippen molar-refractivity contribution >= 4 is 16.7 Å². The second-order valence-corrected chi connectivity index (χ2v) is 7.28. The van der Waals surface area contributed by atoms with Crippen LogP contribution in [0.5, 0.6) is 5.75 Å². The van der Waals surface area contributed by atoms with Gasteiger partial charge in [0, 0.05) is 4.90 Å². The number of amides is 1. The van der Waals surface area contributed by atoms with Gasteiger partial charge in [-0.05, 0) is 49.1 Å². The maximum atomic E-state index is 12.3. The Morgan fingerprint density at radius 2 is 1.74 bits per heavy atom. The van der Waals surface area contributed by atoms with Gasteiger partial charge in [0.25, 0.3) is 0 Å². The van der Waals surface area contributed by atoms with E-state index < -0.39 is 10.8 Å². The molecule has 0 spiro atoms. The largest absolute Gasteiger partial charge is 0.508 e. The Bertz CT molecular complexity index is 709. The highest BCUT2D eigenvalue weighted by Crippen LogP contribution is 2.41. The Kier molecular flexibility index (Phi) is 4.48. The van der Waals surface area contributed by atoms with Crippen molar-refractivity contribution in [2.24, 2.45) is 0 Å². The van der Waals surface area contributed by atoms with Gasteiger partial charge >= 0.3 is 0 Å². The number of benzene rings is 2. The minimum atomic E-state index is -1.41. The Balaban J connectivity index is 1.67. The molecule has 2 aromatic rings. The molecule has 0 bridgehead atoms.